The number of hydrogen-bond donors (Lipinski definition) is 0. The fraction of sp³-hybridized carbons (Fsp3) is 1.00. The fourth-order valence-corrected chi connectivity index (χ4v) is 5.68. The van der Waals surface area contributed by atoms with Gasteiger partial charge in [0.05, 0.1) is 118 Å². The Kier molecular flexibility index (Phi) is 5.94. The lowest BCUT2D eigenvalue weighted by atomic mass is 8.91. The van der Waals surface area contributed by atoms with E-state index in [0.717, 1.165) is 0 Å². The van der Waals surface area contributed by atoms with Crippen molar-refractivity contribution in [2.75, 3.05) is 0 Å². The second kappa shape index (κ2) is 6.55. The van der Waals surface area contributed by atoms with Gasteiger partial charge in [0, 0.05) is 0 Å². The molecular formula is C15H13B15. The van der Waals surface area contributed by atoms with E-state index in [-0.39, 0.29) is 0 Å². The Morgan fingerprint density at radius 2 is 0.833 bits per heavy atom. The van der Waals surface area contributed by atoms with Crippen molar-refractivity contribution in [3.63, 3.8) is 0 Å². The van der Waals surface area contributed by atoms with E-state index < -0.39 is 59.1 Å². The van der Waals surface area contributed by atoms with Gasteiger partial charge in [0.15, 0.2) is 0 Å². The Bertz CT molecular complexity index is 648. The molecule has 118 valence electrons. The molecule has 0 aromatic heterocycles. The largest absolute Gasteiger partial charge is 0.108 e. The zero-order valence-corrected chi connectivity index (χ0v) is 18.0. The van der Waals surface area contributed by atoms with Crippen LogP contribution in [0.15, 0.2) is 0 Å². The molecule has 2 fully saturated rings. The first-order valence-electron chi connectivity index (χ1n) is 9.63. The smallest absolute Gasteiger partial charge is 0.0727 e. The normalized spacial score (nSPS) is 44.1. The van der Waals surface area contributed by atoms with Gasteiger partial charge in [-0.1, -0.05) is 60.0 Å². The average molecular weight is 355 g/mol. The highest BCUT2D eigenvalue weighted by atomic mass is 14.8. The maximum absolute atomic E-state index is 6.99. The van der Waals surface area contributed by atoms with Crippen LogP contribution >= 0.6 is 0 Å². The lowest BCUT2D eigenvalue weighted by molar-refractivity contribution is 0.0427. The third-order valence-corrected chi connectivity index (χ3v) is 8.69. The molecule has 0 spiro atoms. The van der Waals surface area contributed by atoms with Gasteiger partial charge >= 0.3 is 0 Å². The van der Waals surface area contributed by atoms with Gasteiger partial charge in [-0.3, -0.25) is 0 Å². The molecule has 2 saturated carbocycles. The molecule has 15 heteroatoms. The van der Waals surface area contributed by atoms with E-state index in [2.05, 4.69) is 0 Å². The molecule has 0 aromatic rings. The average Bonchev–Trinajstić information content (AvgIpc) is 2.61. The summed E-state index contributed by atoms with van der Waals surface area (Å²) in [6.45, 7) is 5.24. The first-order chi connectivity index (χ1) is 12.9. The minimum absolute atomic E-state index is 0.387. The summed E-state index contributed by atoms with van der Waals surface area (Å²) < 4.78 is 0. The van der Waals surface area contributed by atoms with Crippen LogP contribution in [0.5, 0.6) is 0 Å². The van der Waals surface area contributed by atoms with Crippen molar-refractivity contribution in [1.29, 1.82) is 0 Å². The van der Waals surface area contributed by atoms with E-state index in [0.29, 0.717) is 6.42 Å². The molecule has 0 unspecified atom stereocenters. The van der Waals surface area contributed by atoms with Crippen molar-refractivity contribution in [3.05, 3.63) is 0 Å². The number of fused-ring (bicyclic) bond motifs is 2. The maximum atomic E-state index is 6.99. The van der Waals surface area contributed by atoms with Crippen LogP contribution in [-0.2, 0) is 0 Å². The topological polar surface area (TPSA) is 0 Å². The summed E-state index contributed by atoms with van der Waals surface area (Å²) in [5, 5.41) is -18.3. The number of hydrogen-bond acceptors (Lipinski definition) is 0. The Labute approximate surface area is 203 Å². The van der Waals surface area contributed by atoms with Gasteiger partial charge in [0.1, 0.15) is 0 Å². The molecule has 0 atom stereocenters. The zero-order chi connectivity index (χ0) is 24.4. The molecule has 0 amide bonds. The second-order valence-corrected chi connectivity index (χ2v) is 10.2. The molecule has 30 radical (unpaired) electrons. The molecule has 2 aliphatic rings. The summed E-state index contributed by atoms with van der Waals surface area (Å²) in [4.78, 5) is 0. The standard InChI is InChI=1S/C15H13B15/c1-4-7(2,3)15(29,30)14(28)12(26)8(18,19)5(16)9(20,21)13(14,27)11(24,25)6(17)10(12,22)23/h5-6H,4H2,1-3H3. The minimum Gasteiger partial charge on any atom is -0.108 e. The first-order valence-corrected chi connectivity index (χ1v) is 9.63. The Morgan fingerprint density at radius 3 is 1.03 bits per heavy atom. The first kappa shape index (κ1) is 27.2. The minimum atomic E-state index is -2.40. The van der Waals surface area contributed by atoms with Crippen LogP contribution in [0.3, 0.4) is 0 Å². The monoisotopic (exact) mass is 358 g/mol. The lowest BCUT2D eigenvalue weighted by Gasteiger charge is -2.94. The summed E-state index contributed by atoms with van der Waals surface area (Å²) >= 11 is 0. The van der Waals surface area contributed by atoms with Crippen molar-refractivity contribution in [1.82, 2.24) is 0 Å². The van der Waals surface area contributed by atoms with Crippen molar-refractivity contribution >= 4 is 118 Å². The highest BCUT2D eigenvalue weighted by Crippen LogP contribution is 3.02. The lowest BCUT2D eigenvalue weighted by Crippen LogP contribution is -2.75. The molecule has 0 N–H and O–H groups in total. The summed E-state index contributed by atoms with van der Waals surface area (Å²) in [6, 6.07) is 0. The summed E-state index contributed by atoms with van der Waals surface area (Å²) in [7, 11) is 98.2. The number of rotatable bonds is 3. The zero-order valence-electron chi connectivity index (χ0n) is 18.0. The van der Waals surface area contributed by atoms with Crippen LogP contribution in [0.25, 0.3) is 0 Å². The van der Waals surface area contributed by atoms with Crippen molar-refractivity contribution < 1.29 is 0 Å². The van der Waals surface area contributed by atoms with Crippen LogP contribution in [0.2, 0.25) is 53.6 Å². The Hall–Kier alpha value is 0.974. The molecule has 0 aromatic carbocycles. The third-order valence-electron chi connectivity index (χ3n) is 8.69. The van der Waals surface area contributed by atoms with E-state index in [1.807, 2.05) is 6.92 Å². The van der Waals surface area contributed by atoms with Gasteiger partial charge < -0.3 is 0 Å². The van der Waals surface area contributed by atoms with Crippen molar-refractivity contribution in [2.24, 2.45) is 5.41 Å². The van der Waals surface area contributed by atoms with Gasteiger partial charge in [-0.05, 0) is 5.41 Å². The molecule has 30 heavy (non-hydrogen) atoms. The van der Waals surface area contributed by atoms with Crippen molar-refractivity contribution in [3.8, 4) is 0 Å². The summed E-state index contributed by atoms with van der Waals surface area (Å²) in [5.74, 6) is -3.13. The molecule has 2 rings (SSSR count). The van der Waals surface area contributed by atoms with Crippen LogP contribution in [0.1, 0.15) is 27.2 Å². The van der Waals surface area contributed by atoms with Gasteiger partial charge in [-0.15, -0.1) is 20.9 Å². The molecule has 0 aliphatic heterocycles. The molecule has 0 nitrogen and oxygen atoms in total. The highest BCUT2D eigenvalue weighted by Gasteiger charge is 2.81. The van der Waals surface area contributed by atoms with E-state index in [4.69, 9.17) is 118 Å². The Balaban J connectivity index is 3.25. The molecule has 0 heterocycles. The van der Waals surface area contributed by atoms with Crippen LogP contribution in [-0.4, -0.2) is 118 Å². The summed E-state index contributed by atoms with van der Waals surface area (Å²) in [6.07, 6.45) is 0.387. The fourth-order valence-electron chi connectivity index (χ4n) is 5.68. The molecular weight excluding hydrogens is 342 g/mol. The van der Waals surface area contributed by atoms with Crippen LogP contribution in [0.4, 0.5) is 0 Å². The van der Waals surface area contributed by atoms with Crippen LogP contribution < -0.4 is 0 Å². The molecule has 0 saturated heterocycles. The van der Waals surface area contributed by atoms with Gasteiger partial charge in [0.2, 0.25) is 0 Å². The van der Waals surface area contributed by atoms with Crippen LogP contribution in [0, 0.1) is 5.41 Å². The summed E-state index contributed by atoms with van der Waals surface area (Å²) in [5.41, 5.74) is -1.00. The quantitative estimate of drug-likeness (QED) is 0.547. The second-order valence-electron chi connectivity index (χ2n) is 10.2. The highest BCUT2D eigenvalue weighted by molar-refractivity contribution is 6.68. The van der Waals surface area contributed by atoms with Gasteiger partial charge in [-0.25, -0.2) is 0 Å². The molecule has 2 bridgehead atoms. The van der Waals surface area contributed by atoms with E-state index in [9.17, 15) is 0 Å². The molecule has 2 aliphatic carbocycles. The predicted octanol–water partition coefficient (Wildman–Crippen LogP) is -1.39. The van der Waals surface area contributed by atoms with E-state index in [1.165, 1.54) is 0 Å². The van der Waals surface area contributed by atoms with E-state index >= 15 is 0 Å². The Morgan fingerprint density at radius 1 is 0.600 bits per heavy atom. The predicted molar refractivity (Wildman–Crippen MR) is 139 cm³/mol. The van der Waals surface area contributed by atoms with Gasteiger partial charge in [-0.2, -0.15) is 0 Å². The third kappa shape index (κ3) is 2.27. The van der Waals surface area contributed by atoms with E-state index in [1.54, 1.807) is 13.8 Å². The SMILES string of the molecule is [B]C1C([B])([B])C2([B])C([B])([B])C([B])C([B])([B])C([B])(C1([B])[B])C2([B])C([B])([B])C(C)(C)CC. The van der Waals surface area contributed by atoms with Crippen molar-refractivity contribution in [2.45, 2.75) is 80.8 Å². The maximum Gasteiger partial charge on any atom is 0.0727 e. The van der Waals surface area contributed by atoms with Gasteiger partial charge in [0.25, 0.3) is 0 Å².